The predicted octanol–water partition coefficient (Wildman–Crippen LogP) is 4.39. The zero-order chi connectivity index (χ0) is 24.3. The van der Waals surface area contributed by atoms with Gasteiger partial charge < -0.3 is 24.5 Å². The van der Waals surface area contributed by atoms with Gasteiger partial charge in [0.25, 0.3) is 0 Å². The largest absolute Gasteiger partial charge is 0.444 e. The molecule has 2 aromatic heterocycles. The fraction of sp³-hybridized carbons (Fsp3) is 0.333. The van der Waals surface area contributed by atoms with E-state index >= 15 is 0 Å². The number of hydrogen-bond donors (Lipinski definition) is 2. The number of aromatic nitrogens is 2. The second kappa shape index (κ2) is 9.63. The maximum Gasteiger partial charge on any atom is 0.408 e. The fourth-order valence-corrected chi connectivity index (χ4v) is 4.23. The molecule has 0 bridgehead atoms. The number of carbonyl (C=O) groups excluding carboxylic acids is 2. The zero-order valence-corrected chi connectivity index (χ0v) is 20.2. The Bertz CT molecular complexity index is 1310. The van der Waals surface area contributed by atoms with Crippen molar-refractivity contribution in [3.63, 3.8) is 0 Å². The molecule has 0 saturated carbocycles. The maximum atomic E-state index is 13.2. The van der Waals surface area contributed by atoms with E-state index in [1.165, 1.54) is 0 Å². The van der Waals surface area contributed by atoms with Crippen LogP contribution < -0.4 is 10.6 Å². The number of aryl methyl sites for hydroxylation is 1. The molecule has 34 heavy (non-hydrogen) atoms. The average molecular weight is 461 g/mol. The van der Waals surface area contributed by atoms with Crippen LogP contribution in [0.4, 0.5) is 4.79 Å². The lowest BCUT2D eigenvalue weighted by Crippen LogP contribution is -2.49. The molecule has 0 fully saturated rings. The van der Waals surface area contributed by atoms with Gasteiger partial charge in [0.15, 0.2) is 0 Å². The van der Waals surface area contributed by atoms with Gasteiger partial charge in [0.1, 0.15) is 11.6 Å². The molecule has 7 nitrogen and oxygen atoms in total. The summed E-state index contributed by atoms with van der Waals surface area (Å²) in [6.45, 7) is 6.47. The van der Waals surface area contributed by atoms with Crippen molar-refractivity contribution in [2.45, 2.75) is 45.4 Å². The van der Waals surface area contributed by atoms with Crippen LogP contribution in [0, 0.1) is 0 Å². The molecule has 0 saturated heterocycles. The third-order valence-electron chi connectivity index (χ3n) is 5.74. The minimum atomic E-state index is -0.762. The number of ether oxygens (including phenoxy) is 1. The highest BCUT2D eigenvalue weighted by Crippen LogP contribution is 2.22. The molecule has 0 radical (unpaired) electrons. The van der Waals surface area contributed by atoms with Gasteiger partial charge in [-0.25, -0.2) is 4.79 Å². The van der Waals surface area contributed by atoms with Gasteiger partial charge in [-0.15, -0.1) is 0 Å². The Morgan fingerprint density at radius 3 is 2.47 bits per heavy atom. The number of alkyl carbamates (subject to hydrolysis) is 1. The topological polar surface area (TPSA) is 77.3 Å². The van der Waals surface area contributed by atoms with Gasteiger partial charge in [0.05, 0.1) is 0 Å². The van der Waals surface area contributed by atoms with Gasteiger partial charge >= 0.3 is 6.09 Å². The second-order valence-corrected chi connectivity index (χ2v) is 9.54. The Morgan fingerprint density at radius 1 is 1.00 bits per heavy atom. The van der Waals surface area contributed by atoms with Crippen LogP contribution in [-0.2, 0) is 29.5 Å². The van der Waals surface area contributed by atoms with Crippen LogP contribution in [0.25, 0.3) is 21.8 Å². The third kappa shape index (κ3) is 5.42. The van der Waals surface area contributed by atoms with E-state index in [0.717, 1.165) is 27.4 Å². The Hall–Kier alpha value is -3.74. The molecule has 0 spiro atoms. The smallest absolute Gasteiger partial charge is 0.408 e. The summed E-state index contributed by atoms with van der Waals surface area (Å²) in [6, 6.07) is 17.5. The van der Waals surface area contributed by atoms with E-state index in [-0.39, 0.29) is 5.91 Å². The summed E-state index contributed by atoms with van der Waals surface area (Å²) in [4.78, 5) is 25.7. The van der Waals surface area contributed by atoms with Gasteiger partial charge in [-0.05, 0) is 49.9 Å². The van der Waals surface area contributed by atoms with E-state index in [2.05, 4.69) is 33.4 Å². The van der Waals surface area contributed by atoms with Gasteiger partial charge in [-0.1, -0.05) is 36.4 Å². The number of fused-ring (bicyclic) bond motifs is 2. The molecule has 0 aliphatic carbocycles. The van der Waals surface area contributed by atoms with E-state index in [0.29, 0.717) is 19.5 Å². The first kappa shape index (κ1) is 23.4. The Morgan fingerprint density at radius 2 is 1.71 bits per heavy atom. The third-order valence-corrected chi connectivity index (χ3v) is 5.74. The molecule has 2 N–H and O–H groups in total. The molecule has 2 amide bonds. The number of para-hydroxylation sites is 2. The minimum absolute atomic E-state index is 0.241. The number of hydrogen-bond acceptors (Lipinski definition) is 3. The summed E-state index contributed by atoms with van der Waals surface area (Å²) in [7, 11) is 1.98. The van der Waals surface area contributed by atoms with Crippen LogP contribution in [0.1, 0.15) is 26.3 Å². The Balaban J connectivity index is 1.48. The molecule has 1 unspecified atom stereocenters. The van der Waals surface area contributed by atoms with Crippen molar-refractivity contribution in [1.82, 2.24) is 19.8 Å². The average Bonchev–Trinajstić information content (AvgIpc) is 3.33. The monoisotopic (exact) mass is 460 g/mol. The van der Waals surface area contributed by atoms with Crippen molar-refractivity contribution >= 4 is 33.8 Å². The second-order valence-electron chi connectivity index (χ2n) is 9.54. The lowest BCUT2D eigenvalue weighted by atomic mass is 10.0. The van der Waals surface area contributed by atoms with Gasteiger partial charge in [0, 0.05) is 55.4 Å². The number of benzene rings is 2. The molecule has 2 heterocycles. The molecule has 7 heteroatoms. The van der Waals surface area contributed by atoms with Crippen molar-refractivity contribution in [2.75, 3.05) is 6.54 Å². The first-order chi connectivity index (χ1) is 16.2. The highest BCUT2D eigenvalue weighted by molar-refractivity contribution is 5.88. The normalized spacial score (nSPS) is 12.6. The number of nitrogens with zero attached hydrogens (tertiary/aromatic N) is 2. The van der Waals surface area contributed by atoms with E-state index in [1.54, 1.807) is 20.8 Å². The molecular weight excluding hydrogens is 428 g/mol. The van der Waals surface area contributed by atoms with E-state index in [4.69, 9.17) is 4.74 Å². The SMILES string of the molecule is Cn1cc(CC(NC(=O)OC(C)(C)C)C(=O)NCCn2ccc3ccccc32)c2ccccc21. The predicted molar refractivity (Wildman–Crippen MR) is 135 cm³/mol. The fourth-order valence-electron chi connectivity index (χ4n) is 4.23. The van der Waals surface area contributed by atoms with Crippen molar-refractivity contribution in [3.8, 4) is 0 Å². The summed E-state index contributed by atoms with van der Waals surface area (Å²) in [5, 5.41) is 8.00. The number of amides is 2. The van der Waals surface area contributed by atoms with Crippen molar-refractivity contribution in [2.24, 2.45) is 7.05 Å². The van der Waals surface area contributed by atoms with Crippen LogP contribution in [0.3, 0.4) is 0 Å². The number of rotatable bonds is 7. The summed E-state index contributed by atoms with van der Waals surface area (Å²) in [6.07, 6.45) is 3.78. The van der Waals surface area contributed by atoms with Gasteiger partial charge in [-0.2, -0.15) is 0 Å². The van der Waals surface area contributed by atoms with E-state index in [1.807, 2.05) is 60.4 Å². The van der Waals surface area contributed by atoms with Gasteiger partial charge in [0.2, 0.25) is 5.91 Å². The Labute approximate surface area is 199 Å². The van der Waals surface area contributed by atoms with Crippen LogP contribution in [0.2, 0.25) is 0 Å². The zero-order valence-electron chi connectivity index (χ0n) is 20.2. The first-order valence-corrected chi connectivity index (χ1v) is 11.6. The van der Waals surface area contributed by atoms with E-state index in [9.17, 15) is 9.59 Å². The van der Waals surface area contributed by atoms with Gasteiger partial charge in [-0.3, -0.25) is 4.79 Å². The Kier molecular flexibility index (Phi) is 6.63. The molecule has 0 aliphatic heterocycles. The van der Waals surface area contributed by atoms with Crippen LogP contribution in [0.5, 0.6) is 0 Å². The summed E-state index contributed by atoms with van der Waals surface area (Å²) in [5.41, 5.74) is 2.54. The van der Waals surface area contributed by atoms with E-state index < -0.39 is 17.7 Å². The first-order valence-electron chi connectivity index (χ1n) is 11.6. The van der Waals surface area contributed by atoms with Crippen LogP contribution in [-0.4, -0.2) is 39.3 Å². The van der Waals surface area contributed by atoms with Crippen LogP contribution in [0.15, 0.2) is 67.0 Å². The summed E-state index contributed by atoms with van der Waals surface area (Å²) in [5.74, 6) is -0.241. The standard InChI is InChI=1S/C27H32N4O3/c1-27(2,3)34-26(33)29-22(17-20-18-30(4)24-12-8-6-10-21(20)24)25(32)28-14-16-31-15-13-19-9-5-7-11-23(19)31/h5-13,15,18,22H,14,16-17H2,1-4H3,(H,28,32)(H,29,33). The highest BCUT2D eigenvalue weighted by atomic mass is 16.6. The molecule has 1 atom stereocenters. The lowest BCUT2D eigenvalue weighted by Gasteiger charge is -2.23. The van der Waals surface area contributed by atoms with Crippen molar-refractivity contribution in [3.05, 3.63) is 72.6 Å². The molecule has 0 aliphatic rings. The lowest BCUT2D eigenvalue weighted by molar-refractivity contribution is -0.123. The quantitative estimate of drug-likeness (QED) is 0.430. The molecule has 178 valence electrons. The van der Waals surface area contributed by atoms with Crippen LogP contribution >= 0.6 is 0 Å². The summed E-state index contributed by atoms with van der Waals surface area (Å²) < 4.78 is 9.56. The van der Waals surface area contributed by atoms with Crippen molar-refractivity contribution in [1.29, 1.82) is 0 Å². The minimum Gasteiger partial charge on any atom is -0.444 e. The maximum absolute atomic E-state index is 13.2. The molecule has 4 rings (SSSR count). The molecular formula is C27H32N4O3. The number of nitrogens with one attached hydrogen (secondary N) is 2. The highest BCUT2D eigenvalue weighted by Gasteiger charge is 2.25. The molecule has 4 aromatic rings. The molecule has 2 aromatic carbocycles. The number of carbonyl (C=O) groups is 2. The van der Waals surface area contributed by atoms with Crippen molar-refractivity contribution < 1.29 is 14.3 Å². The summed E-state index contributed by atoms with van der Waals surface area (Å²) >= 11 is 0.